The second kappa shape index (κ2) is 10.3. The monoisotopic (exact) mass is 477 g/mol. The highest BCUT2D eigenvalue weighted by molar-refractivity contribution is 6.09. The summed E-state index contributed by atoms with van der Waals surface area (Å²) in [6.45, 7) is 2.26. The minimum absolute atomic E-state index is 0.935. The summed E-state index contributed by atoms with van der Waals surface area (Å²) < 4.78 is 2.40. The Morgan fingerprint density at radius 1 is 0.622 bits per heavy atom. The van der Waals surface area contributed by atoms with E-state index in [2.05, 4.69) is 145 Å². The number of allylic oxidation sites excluding steroid dienone is 2. The van der Waals surface area contributed by atoms with Crippen LogP contribution in [0.15, 0.2) is 133 Å². The molecule has 0 aliphatic carbocycles. The van der Waals surface area contributed by atoms with Gasteiger partial charge in [0.15, 0.2) is 0 Å². The van der Waals surface area contributed by atoms with Crippen molar-refractivity contribution in [2.75, 3.05) is 0 Å². The molecule has 180 valence electrons. The molecular formula is C36H31N. The lowest BCUT2D eigenvalue weighted by atomic mass is 9.97. The van der Waals surface area contributed by atoms with Gasteiger partial charge in [-0.2, -0.15) is 0 Å². The Labute approximate surface area is 219 Å². The number of hydrogen-bond acceptors (Lipinski definition) is 0. The molecule has 1 heterocycles. The van der Waals surface area contributed by atoms with Crippen LogP contribution in [0.25, 0.3) is 44.2 Å². The van der Waals surface area contributed by atoms with E-state index in [0.717, 1.165) is 19.3 Å². The Kier molecular flexibility index (Phi) is 6.44. The maximum absolute atomic E-state index is 2.42. The lowest BCUT2D eigenvalue weighted by Gasteiger charge is -2.12. The van der Waals surface area contributed by atoms with E-state index in [1.54, 1.807) is 0 Å². The summed E-state index contributed by atoms with van der Waals surface area (Å²) in [6, 6.07) is 46.1. The molecule has 0 saturated heterocycles. The number of nitrogens with zero attached hydrogens (tertiary/aromatic N) is 1. The molecule has 0 unspecified atom stereocenters. The Bertz CT molecular complexity index is 1630. The van der Waals surface area contributed by atoms with Gasteiger partial charge in [0.05, 0.1) is 11.0 Å². The van der Waals surface area contributed by atoms with Crippen LogP contribution in [0.5, 0.6) is 0 Å². The van der Waals surface area contributed by atoms with Crippen LogP contribution in [0.2, 0.25) is 0 Å². The standard InChI is InChI=1S/C36H31N/c1-2-11-28(23-20-27-21-24-30(25-22-27)29-12-4-3-5-13-29)31-14-10-15-32(26-31)37-35-18-8-6-16-33(35)34-17-7-9-19-36(34)37/h3-10,12-19,21-26H,2,11,20H2,1H3/b28-23+. The van der Waals surface area contributed by atoms with Gasteiger partial charge in [0, 0.05) is 16.5 Å². The lowest BCUT2D eigenvalue weighted by Crippen LogP contribution is -1.96. The molecule has 5 aromatic carbocycles. The quantitative estimate of drug-likeness (QED) is 0.216. The molecule has 1 heteroatoms. The predicted octanol–water partition coefficient (Wildman–Crippen LogP) is 9.88. The lowest BCUT2D eigenvalue weighted by molar-refractivity contribution is 0.968. The SMILES string of the molecule is CCC/C(=C\Cc1ccc(-c2ccccc2)cc1)c1cccc(-n2c3ccccc3c3ccccc32)c1. The average molecular weight is 478 g/mol. The number of benzene rings is 5. The van der Waals surface area contributed by atoms with Crippen molar-refractivity contribution in [3.8, 4) is 16.8 Å². The molecule has 6 aromatic rings. The Hall–Kier alpha value is -4.36. The second-order valence-electron chi connectivity index (χ2n) is 9.67. The highest BCUT2D eigenvalue weighted by Gasteiger charge is 2.12. The van der Waals surface area contributed by atoms with Crippen molar-refractivity contribution in [2.45, 2.75) is 26.2 Å². The Morgan fingerprint density at radius 3 is 1.92 bits per heavy atom. The van der Waals surface area contributed by atoms with Gasteiger partial charge in [0.1, 0.15) is 0 Å². The smallest absolute Gasteiger partial charge is 0.0541 e. The third kappa shape index (κ3) is 4.61. The van der Waals surface area contributed by atoms with Crippen LogP contribution in [0.1, 0.15) is 30.9 Å². The first-order valence-electron chi connectivity index (χ1n) is 13.2. The van der Waals surface area contributed by atoms with Crippen molar-refractivity contribution in [3.63, 3.8) is 0 Å². The highest BCUT2D eigenvalue weighted by Crippen LogP contribution is 2.33. The van der Waals surface area contributed by atoms with Gasteiger partial charge in [-0.1, -0.05) is 123 Å². The summed E-state index contributed by atoms with van der Waals surface area (Å²) in [6.07, 6.45) is 5.55. The zero-order valence-corrected chi connectivity index (χ0v) is 21.3. The molecule has 0 spiro atoms. The molecule has 6 rings (SSSR count). The zero-order valence-electron chi connectivity index (χ0n) is 21.3. The molecule has 0 bridgehead atoms. The van der Waals surface area contributed by atoms with Gasteiger partial charge in [0.2, 0.25) is 0 Å². The average Bonchev–Trinajstić information content (AvgIpc) is 3.31. The van der Waals surface area contributed by atoms with Crippen molar-refractivity contribution in [2.24, 2.45) is 0 Å². The van der Waals surface area contributed by atoms with Crippen LogP contribution in [0, 0.1) is 0 Å². The van der Waals surface area contributed by atoms with Crippen molar-refractivity contribution >= 4 is 27.4 Å². The zero-order chi connectivity index (χ0) is 25.0. The van der Waals surface area contributed by atoms with Gasteiger partial charge in [-0.25, -0.2) is 0 Å². The third-order valence-electron chi connectivity index (χ3n) is 7.22. The van der Waals surface area contributed by atoms with Gasteiger partial charge < -0.3 is 4.57 Å². The van der Waals surface area contributed by atoms with Crippen LogP contribution in [0.4, 0.5) is 0 Å². The van der Waals surface area contributed by atoms with Gasteiger partial charge in [0.25, 0.3) is 0 Å². The van der Waals surface area contributed by atoms with Crippen LogP contribution in [-0.2, 0) is 6.42 Å². The molecule has 0 aliphatic heterocycles. The van der Waals surface area contributed by atoms with E-state index in [1.807, 2.05) is 0 Å². The number of fused-ring (bicyclic) bond motifs is 3. The number of rotatable bonds is 7. The summed E-state index contributed by atoms with van der Waals surface area (Å²) in [7, 11) is 0. The largest absolute Gasteiger partial charge is 0.309 e. The first-order chi connectivity index (χ1) is 18.3. The molecule has 0 amide bonds. The van der Waals surface area contributed by atoms with Crippen molar-refractivity contribution in [3.05, 3.63) is 145 Å². The second-order valence-corrected chi connectivity index (χ2v) is 9.67. The van der Waals surface area contributed by atoms with Gasteiger partial charge in [-0.15, -0.1) is 0 Å². The summed E-state index contributed by atoms with van der Waals surface area (Å²) in [4.78, 5) is 0. The highest BCUT2D eigenvalue weighted by atomic mass is 15.0. The Morgan fingerprint density at radius 2 is 1.24 bits per heavy atom. The fraction of sp³-hybridized carbons (Fsp3) is 0.111. The van der Waals surface area contributed by atoms with Gasteiger partial charge >= 0.3 is 0 Å². The first-order valence-corrected chi connectivity index (χ1v) is 13.2. The van der Waals surface area contributed by atoms with Crippen molar-refractivity contribution < 1.29 is 0 Å². The molecule has 0 fully saturated rings. The predicted molar refractivity (Wildman–Crippen MR) is 159 cm³/mol. The molecule has 1 nitrogen and oxygen atoms in total. The summed E-state index contributed by atoms with van der Waals surface area (Å²) in [5.74, 6) is 0. The van der Waals surface area contributed by atoms with E-state index in [9.17, 15) is 0 Å². The molecule has 0 atom stereocenters. The van der Waals surface area contributed by atoms with E-state index in [-0.39, 0.29) is 0 Å². The minimum Gasteiger partial charge on any atom is -0.309 e. The number of hydrogen-bond donors (Lipinski definition) is 0. The first kappa shape index (κ1) is 23.1. The number of para-hydroxylation sites is 2. The molecule has 1 aromatic heterocycles. The topological polar surface area (TPSA) is 4.93 Å². The van der Waals surface area contributed by atoms with E-state index < -0.39 is 0 Å². The van der Waals surface area contributed by atoms with Crippen LogP contribution < -0.4 is 0 Å². The summed E-state index contributed by atoms with van der Waals surface area (Å²) in [5, 5.41) is 2.60. The fourth-order valence-corrected chi connectivity index (χ4v) is 5.38. The Balaban J connectivity index is 1.34. The molecule has 0 saturated carbocycles. The normalized spacial score (nSPS) is 11.9. The summed E-state index contributed by atoms with van der Waals surface area (Å²) >= 11 is 0. The van der Waals surface area contributed by atoms with Crippen LogP contribution in [-0.4, -0.2) is 4.57 Å². The maximum Gasteiger partial charge on any atom is 0.0541 e. The summed E-state index contributed by atoms with van der Waals surface area (Å²) in [5.41, 5.74) is 10.3. The van der Waals surface area contributed by atoms with Crippen LogP contribution in [0.3, 0.4) is 0 Å². The molecule has 0 radical (unpaired) electrons. The van der Waals surface area contributed by atoms with E-state index in [0.29, 0.717) is 0 Å². The van der Waals surface area contributed by atoms with Gasteiger partial charge in [-0.05, 0) is 64.9 Å². The minimum atomic E-state index is 0.935. The molecule has 0 aliphatic rings. The van der Waals surface area contributed by atoms with Crippen molar-refractivity contribution in [1.82, 2.24) is 4.57 Å². The number of aromatic nitrogens is 1. The van der Waals surface area contributed by atoms with E-state index in [1.165, 1.54) is 55.3 Å². The van der Waals surface area contributed by atoms with E-state index in [4.69, 9.17) is 0 Å². The third-order valence-corrected chi connectivity index (χ3v) is 7.22. The fourth-order valence-electron chi connectivity index (χ4n) is 5.38. The molecular weight excluding hydrogens is 446 g/mol. The maximum atomic E-state index is 2.42. The van der Waals surface area contributed by atoms with Crippen LogP contribution >= 0.6 is 0 Å². The molecule has 37 heavy (non-hydrogen) atoms. The van der Waals surface area contributed by atoms with Crippen molar-refractivity contribution in [1.29, 1.82) is 0 Å². The van der Waals surface area contributed by atoms with Gasteiger partial charge in [-0.3, -0.25) is 0 Å². The van der Waals surface area contributed by atoms with E-state index >= 15 is 0 Å². The molecule has 0 N–H and O–H groups in total.